The quantitative estimate of drug-likeness (QED) is 0.624. The van der Waals surface area contributed by atoms with Crippen LogP contribution in [0, 0.1) is 0 Å². The number of nitrogens with zero attached hydrogens (tertiary/aromatic N) is 2. The van der Waals surface area contributed by atoms with Gasteiger partial charge in [0.25, 0.3) is 0 Å². The molecule has 1 aliphatic heterocycles. The zero-order chi connectivity index (χ0) is 23.1. The number of amides is 2. The maximum absolute atomic E-state index is 12.3. The van der Waals surface area contributed by atoms with Gasteiger partial charge in [-0.1, -0.05) is 24.3 Å². The van der Waals surface area contributed by atoms with Crippen molar-refractivity contribution in [2.45, 2.75) is 58.6 Å². The molecule has 1 fully saturated rings. The second kappa shape index (κ2) is 10.5. The largest absolute Gasteiger partial charge is 0.490 e. The van der Waals surface area contributed by atoms with Crippen molar-refractivity contribution < 1.29 is 19.1 Å². The van der Waals surface area contributed by atoms with Crippen LogP contribution in [0.2, 0.25) is 0 Å². The van der Waals surface area contributed by atoms with Crippen LogP contribution < -0.4 is 10.1 Å². The molecule has 1 atom stereocenters. The first-order chi connectivity index (χ1) is 15.2. The molecule has 2 amide bonds. The van der Waals surface area contributed by atoms with Crippen LogP contribution in [0.1, 0.15) is 46.1 Å². The fourth-order valence-corrected chi connectivity index (χ4v) is 3.49. The number of aromatic nitrogens is 1. The number of ether oxygens (including phenoxy) is 2. The van der Waals surface area contributed by atoms with Crippen molar-refractivity contribution in [2.75, 3.05) is 19.7 Å². The molecule has 0 radical (unpaired) electrons. The fourth-order valence-electron chi connectivity index (χ4n) is 3.49. The number of hydrogen-bond donors (Lipinski definition) is 1. The van der Waals surface area contributed by atoms with Crippen molar-refractivity contribution in [2.24, 2.45) is 0 Å². The summed E-state index contributed by atoms with van der Waals surface area (Å²) in [7, 11) is 0. The van der Waals surface area contributed by atoms with E-state index >= 15 is 0 Å². The molecule has 2 aromatic rings. The maximum Gasteiger partial charge on any atom is 0.410 e. The van der Waals surface area contributed by atoms with Crippen molar-refractivity contribution in [1.82, 2.24) is 15.2 Å². The Balaban J connectivity index is 1.56. The number of hydrogen-bond acceptors (Lipinski definition) is 5. The number of likely N-dealkylation sites (tertiary alicyclic amines) is 1. The summed E-state index contributed by atoms with van der Waals surface area (Å²) >= 11 is 0. The van der Waals surface area contributed by atoms with Gasteiger partial charge in [0.1, 0.15) is 18.0 Å². The van der Waals surface area contributed by atoms with Crippen molar-refractivity contribution in [3.8, 4) is 16.9 Å². The predicted octanol–water partition coefficient (Wildman–Crippen LogP) is 4.21. The summed E-state index contributed by atoms with van der Waals surface area (Å²) in [5.41, 5.74) is 2.75. The smallest absolute Gasteiger partial charge is 0.410 e. The Morgan fingerprint density at radius 1 is 1.19 bits per heavy atom. The lowest BCUT2D eigenvalue weighted by Gasteiger charge is -2.40. The van der Waals surface area contributed by atoms with Gasteiger partial charge in [0.05, 0.1) is 12.2 Å². The minimum atomic E-state index is -0.505. The predicted molar refractivity (Wildman–Crippen MR) is 124 cm³/mol. The summed E-state index contributed by atoms with van der Waals surface area (Å²) in [6, 6.07) is 10.3. The van der Waals surface area contributed by atoms with Gasteiger partial charge in [-0.25, -0.2) is 4.79 Å². The lowest BCUT2D eigenvalue weighted by Crippen LogP contribution is -2.55. The van der Waals surface area contributed by atoms with E-state index in [-0.39, 0.29) is 18.0 Å². The Hall–Kier alpha value is -3.09. The summed E-state index contributed by atoms with van der Waals surface area (Å²) < 4.78 is 11.4. The number of carbonyl (C=O) groups excluding carboxylic acids is 2. The van der Waals surface area contributed by atoms with E-state index in [4.69, 9.17) is 9.47 Å². The van der Waals surface area contributed by atoms with Gasteiger partial charge >= 0.3 is 6.09 Å². The number of aryl methyl sites for hydroxylation is 1. The molecule has 0 saturated carbocycles. The van der Waals surface area contributed by atoms with Crippen LogP contribution in [0.3, 0.4) is 0 Å². The summed E-state index contributed by atoms with van der Waals surface area (Å²) in [4.78, 5) is 29.3. The van der Waals surface area contributed by atoms with Crippen LogP contribution in [-0.4, -0.2) is 53.2 Å². The van der Waals surface area contributed by atoms with Gasteiger partial charge in [-0.05, 0) is 57.2 Å². The lowest BCUT2D eigenvalue weighted by molar-refractivity contribution is -0.118. The molecule has 0 aliphatic carbocycles. The monoisotopic (exact) mass is 439 g/mol. The average Bonchev–Trinajstić information content (AvgIpc) is 2.69. The minimum Gasteiger partial charge on any atom is -0.490 e. The molecule has 0 bridgehead atoms. The molecule has 7 nitrogen and oxygen atoms in total. The standard InChI is InChI=1S/C25H33N3O4/c1-18(29)27-11-6-8-19-7-5-9-20(13-19)21-14-23(16-26-15-21)31-17-22-10-12-28(22)24(30)32-25(2,3)4/h5,7,9,13-16,22H,6,8,10-12,17H2,1-4H3,(H,27,29). The third kappa shape index (κ3) is 6.97. The second-order valence-electron chi connectivity index (χ2n) is 9.12. The highest BCUT2D eigenvalue weighted by molar-refractivity contribution is 5.72. The van der Waals surface area contributed by atoms with E-state index in [1.54, 1.807) is 11.1 Å². The maximum atomic E-state index is 12.3. The Kier molecular flexibility index (Phi) is 7.72. The van der Waals surface area contributed by atoms with E-state index in [1.807, 2.05) is 45.2 Å². The molecule has 1 N–H and O–H groups in total. The normalized spacial score (nSPS) is 15.6. The molecular formula is C25H33N3O4. The van der Waals surface area contributed by atoms with E-state index in [2.05, 4.69) is 22.4 Å². The molecule has 0 spiro atoms. The molecule has 1 aromatic carbocycles. The van der Waals surface area contributed by atoms with Crippen LogP contribution in [-0.2, 0) is 16.0 Å². The molecule has 2 heterocycles. The summed E-state index contributed by atoms with van der Waals surface area (Å²) in [6.07, 6.45) is 5.89. The van der Waals surface area contributed by atoms with Crippen molar-refractivity contribution >= 4 is 12.0 Å². The molecule has 32 heavy (non-hydrogen) atoms. The fraction of sp³-hybridized carbons (Fsp3) is 0.480. The van der Waals surface area contributed by atoms with Gasteiger partial charge < -0.3 is 19.7 Å². The molecule has 3 rings (SSSR count). The highest BCUT2D eigenvalue weighted by atomic mass is 16.6. The summed E-state index contributed by atoms with van der Waals surface area (Å²) in [5.74, 6) is 0.673. The zero-order valence-corrected chi connectivity index (χ0v) is 19.4. The Morgan fingerprint density at radius 3 is 2.69 bits per heavy atom. The van der Waals surface area contributed by atoms with Crippen LogP contribution in [0.4, 0.5) is 4.79 Å². The Bertz CT molecular complexity index is 939. The molecule has 7 heteroatoms. The van der Waals surface area contributed by atoms with Gasteiger partial charge in [-0.3, -0.25) is 9.78 Å². The molecule has 1 aromatic heterocycles. The molecule has 1 saturated heterocycles. The number of rotatable bonds is 8. The number of pyridine rings is 1. The first-order valence-electron chi connectivity index (χ1n) is 11.1. The number of carbonyl (C=O) groups is 2. The highest BCUT2D eigenvalue weighted by Crippen LogP contribution is 2.26. The van der Waals surface area contributed by atoms with Crippen molar-refractivity contribution in [3.05, 3.63) is 48.3 Å². The van der Waals surface area contributed by atoms with Crippen LogP contribution in [0.5, 0.6) is 5.75 Å². The molecule has 1 unspecified atom stereocenters. The van der Waals surface area contributed by atoms with E-state index in [9.17, 15) is 9.59 Å². The molecule has 1 aliphatic rings. The lowest BCUT2D eigenvalue weighted by atomic mass is 10.0. The molecule has 172 valence electrons. The van der Waals surface area contributed by atoms with E-state index in [0.29, 0.717) is 25.4 Å². The Labute approximate surface area is 190 Å². The zero-order valence-electron chi connectivity index (χ0n) is 19.4. The highest BCUT2D eigenvalue weighted by Gasteiger charge is 2.35. The van der Waals surface area contributed by atoms with Crippen LogP contribution >= 0.6 is 0 Å². The van der Waals surface area contributed by atoms with E-state index in [1.165, 1.54) is 12.5 Å². The number of benzene rings is 1. The Morgan fingerprint density at radius 2 is 2.00 bits per heavy atom. The van der Waals surface area contributed by atoms with Crippen molar-refractivity contribution in [3.63, 3.8) is 0 Å². The average molecular weight is 440 g/mol. The van der Waals surface area contributed by atoms with Crippen LogP contribution in [0.25, 0.3) is 11.1 Å². The van der Waals surface area contributed by atoms with Gasteiger partial charge in [0, 0.05) is 31.8 Å². The van der Waals surface area contributed by atoms with E-state index < -0.39 is 5.60 Å². The summed E-state index contributed by atoms with van der Waals surface area (Å²) in [6.45, 7) is 8.90. The van der Waals surface area contributed by atoms with Gasteiger partial charge in [-0.15, -0.1) is 0 Å². The number of nitrogens with one attached hydrogen (secondary N) is 1. The molecular weight excluding hydrogens is 406 g/mol. The minimum absolute atomic E-state index is 0.00208. The SMILES string of the molecule is CC(=O)NCCCc1cccc(-c2cncc(OCC3CCN3C(=O)OC(C)(C)C)c2)c1. The summed E-state index contributed by atoms with van der Waals surface area (Å²) in [5, 5.41) is 2.83. The second-order valence-corrected chi connectivity index (χ2v) is 9.12. The topological polar surface area (TPSA) is 80.8 Å². The first-order valence-corrected chi connectivity index (χ1v) is 11.1. The van der Waals surface area contributed by atoms with Crippen LogP contribution in [0.15, 0.2) is 42.7 Å². The third-order valence-corrected chi connectivity index (χ3v) is 5.20. The third-order valence-electron chi connectivity index (χ3n) is 5.20. The first kappa shape index (κ1) is 23.6. The van der Waals surface area contributed by atoms with Gasteiger partial charge in [0.2, 0.25) is 5.91 Å². The van der Waals surface area contributed by atoms with Gasteiger partial charge in [0.15, 0.2) is 0 Å². The van der Waals surface area contributed by atoms with E-state index in [0.717, 1.165) is 30.4 Å². The van der Waals surface area contributed by atoms with Gasteiger partial charge in [-0.2, -0.15) is 0 Å². The van der Waals surface area contributed by atoms with Crippen molar-refractivity contribution in [1.29, 1.82) is 0 Å².